The summed E-state index contributed by atoms with van der Waals surface area (Å²) in [6.07, 6.45) is 1.12. The van der Waals surface area contributed by atoms with E-state index >= 15 is 0 Å². The number of carbonyl (C=O) groups is 1. The van der Waals surface area contributed by atoms with Gasteiger partial charge in [0.25, 0.3) is 0 Å². The monoisotopic (exact) mass is 328 g/mol. The van der Waals surface area contributed by atoms with Crippen LogP contribution in [0.15, 0.2) is 4.99 Å². The average molecular weight is 328 g/mol. The lowest BCUT2D eigenvalue weighted by Crippen LogP contribution is -2.45. The van der Waals surface area contributed by atoms with Gasteiger partial charge in [-0.15, -0.1) is 0 Å². The first-order valence-electron chi connectivity index (χ1n) is 4.46. The predicted molar refractivity (Wildman–Crippen MR) is 68.0 cm³/mol. The number of aliphatic carboxylic acids is 1. The number of alkyl halides is 1. The van der Waals surface area contributed by atoms with E-state index in [4.69, 9.17) is 16.6 Å². The molecule has 88 valence electrons. The van der Waals surface area contributed by atoms with Gasteiger partial charge in [-0.25, -0.2) is 4.79 Å². The van der Waals surface area contributed by atoms with Gasteiger partial charge in [-0.2, -0.15) is 0 Å². The molecule has 0 aliphatic carbocycles. The van der Waals surface area contributed by atoms with Crippen LogP contribution in [0.3, 0.4) is 0 Å². The van der Waals surface area contributed by atoms with E-state index in [0.29, 0.717) is 19.4 Å². The van der Waals surface area contributed by atoms with Crippen LogP contribution >= 0.6 is 22.6 Å². The predicted octanol–water partition coefficient (Wildman–Crippen LogP) is -0.182. The second-order valence-corrected chi connectivity index (χ2v) is 5.15. The molecule has 0 radical (unpaired) electrons. The fraction of sp³-hybridized carbons (Fsp3) is 0.750. The summed E-state index contributed by atoms with van der Waals surface area (Å²) >= 11 is 1.93. The van der Waals surface area contributed by atoms with Crippen LogP contribution in [0.5, 0.6) is 0 Å². The molecule has 0 aliphatic heterocycles. The zero-order valence-corrected chi connectivity index (χ0v) is 11.1. The van der Waals surface area contributed by atoms with Crippen molar-refractivity contribution in [1.82, 2.24) is 4.90 Å². The van der Waals surface area contributed by atoms with E-state index in [1.54, 1.807) is 19.0 Å². The van der Waals surface area contributed by atoms with Crippen molar-refractivity contribution in [2.45, 2.75) is 16.4 Å². The Balaban J connectivity index is 4.21. The average Bonchev–Trinajstić information content (AvgIpc) is 2.10. The summed E-state index contributed by atoms with van der Waals surface area (Å²) in [7, 11) is 3.47. The summed E-state index contributed by atoms with van der Waals surface area (Å²) in [5, 5.41) is 9.08. The largest absolute Gasteiger partial charge is 0.479 e. The van der Waals surface area contributed by atoms with Gasteiger partial charge in [0.05, 0.1) is 0 Å². The van der Waals surface area contributed by atoms with Crippen molar-refractivity contribution < 1.29 is 9.90 Å². The maximum absolute atomic E-state index is 11.1. The van der Waals surface area contributed by atoms with E-state index < -0.39 is 9.51 Å². The number of hydrogen-bond acceptors (Lipinski definition) is 3. The molecule has 1 unspecified atom stereocenters. The Kier molecular flexibility index (Phi) is 5.88. The molecule has 0 heterocycles. The first kappa shape index (κ1) is 14.4. The smallest absolute Gasteiger partial charge is 0.334 e. The van der Waals surface area contributed by atoms with Crippen molar-refractivity contribution in [2.24, 2.45) is 16.5 Å². The van der Waals surface area contributed by atoms with Crippen LogP contribution in [0, 0.1) is 0 Å². The van der Waals surface area contributed by atoms with E-state index in [0.717, 1.165) is 0 Å². The van der Waals surface area contributed by atoms with Gasteiger partial charge in [-0.05, 0) is 49.5 Å². The normalized spacial score (nSPS) is 14.7. The van der Waals surface area contributed by atoms with Crippen LogP contribution in [0.4, 0.5) is 0 Å². The third-order valence-electron chi connectivity index (χ3n) is 2.00. The number of hydrogen-bond donors (Lipinski definition) is 3. The minimum atomic E-state index is -0.892. The third kappa shape index (κ3) is 4.65. The van der Waals surface area contributed by atoms with Crippen LogP contribution in [-0.2, 0) is 4.79 Å². The number of nitrogens with zero attached hydrogens (tertiary/aromatic N) is 2. The first-order valence-corrected chi connectivity index (χ1v) is 5.53. The standard InChI is InChI=1S/C8H17IN4O2/c1-13(2)8(9,6(14)15)4-3-5-12-7(10)11/h3-5H2,1-2H3,(H,14,15)(H4,10,11,12). The van der Waals surface area contributed by atoms with Gasteiger partial charge in [0, 0.05) is 6.54 Å². The molecule has 0 aromatic rings. The summed E-state index contributed by atoms with van der Waals surface area (Å²) in [6.45, 7) is 0.453. The number of rotatable bonds is 6. The van der Waals surface area contributed by atoms with E-state index in [-0.39, 0.29) is 5.96 Å². The summed E-state index contributed by atoms with van der Waals surface area (Å²) in [5.74, 6) is -0.813. The summed E-state index contributed by atoms with van der Waals surface area (Å²) in [6, 6.07) is 0. The van der Waals surface area contributed by atoms with E-state index in [9.17, 15) is 4.79 Å². The lowest BCUT2D eigenvalue weighted by molar-refractivity contribution is -0.143. The molecule has 0 saturated carbocycles. The summed E-state index contributed by atoms with van der Waals surface area (Å²) < 4.78 is -0.892. The number of guanidine groups is 1. The highest BCUT2D eigenvalue weighted by atomic mass is 127. The quantitative estimate of drug-likeness (QED) is 0.157. The number of carboxylic acid groups (broad SMARTS) is 1. The van der Waals surface area contributed by atoms with Crippen molar-refractivity contribution in [3.8, 4) is 0 Å². The lowest BCUT2D eigenvalue weighted by atomic mass is 10.1. The van der Waals surface area contributed by atoms with Gasteiger partial charge in [0.2, 0.25) is 0 Å². The molecule has 7 heteroatoms. The molecule has 0 rings (SSSR count). The van der Waals surface area contributed by atoms with E-state index in [1.807, 2.05) is 22.6 Å². The van der Waals surface area contributed by atoms with Crippen molar-refractivity contribution >= 4 is 34.5 Å². The molecule has 0 aromatic heterocycles. The van der Waals surface area contributed by atoms with Crippen molar-refractivity contribution in [2.75, 3.05) is 20.6 Å². The SMILES string of the molecule is CN(C)C(I)(CCCN=C(N)N)C(=O)O. The van der Waals surface area contributed by atoms with Crippen LogP contribution in [0.2, 0.25) is 0 Å². The van der Waals surface area contributed by atoms with Gasteiger partial charge in [-0.1, -0.05) is 0 Å². The highest BCUT2D eigenvalue weighted by molar-refractivity contribution is 14.1. The van der Waals surface area contributed by atoms with E-state index in [1.165, 1.54) is 0 Å². The number of likely N-dealkylation sites (N-methyl/N-ethyl adjacent to an activating group) is 1. The van der Waals surface area contributed by atoms with Gasteiger partial charge in [0.15, 0.2) is 9.51 Å². The molecule has 6 nitrogen and oxygen atoms in total. The van der Waals surface area contributed by atoms with Crippen molar-refractivity contribution in [1.29, 1.82) is 0 Å². The van der Waals surface area contributed by atoms with Crippen LogP contribution in [-0.4, -0.2) is 46.1 Å². The van der Waals surface area contributed by atoms with Gasteiger partial charge in [-0.3, -0.25) is 9.89 Å². The molecular formula is C8H17IN4O2. The van der Waals surface area contributed by atoms with Crippen LogP contribution in [0.25, 0.3) is 0 Å². The second-order valence-electron chi connectivity index (χ2n) is 3.37. The number of carboxylic acids is 1. The zero-order chi connectivity index (χ0) is 12.1. The number of nitrogens with two attached hydrogens (primary N) is 2. The van der Waals surface area contributed by atoms with Gasteiger partial charge < -0.3 is 16.6 Å². The molecule has 0 aliphatic rings. The van der Waals surface area contributed by atoms with Crippen molar-refractivity contribution in [3.63, 3.8) is 0 Å². The molecule has 5 N–H and O–H groups in total. The lowest BCUT2D eigenvalue weighted by Gasteiger charge is -2.29. The minimum absolute atomic E-state index is 0.0363. The second kappa shape index (κ2) is 6.11. The minimum Gasteiger partial charge on any atom is -0.479 e. The summed E-state index contributed by atoms with van der Waals surface area (Å²) in [4.78, 5) is 16.5. The molecule has 15 heavy (non-hydrogen) atoms. The van der Waals surface area contributed by atoms with Gasteiger partial charge in [0.1, 0.15) is 0 Å². The third-order valence-corrected chi connectivity index (χ3v) is 3.96. The zero-order valence-electron chi connectivity index (χ0n) is 8.90. The van der Waals surface area contributed by atoms with E-state index in [2.05, 4.69) is 4.99 Å². The van der Waals surface area contributed by atoms with Crippen LogP contribution < -0.4 is 11.5 Å². The Morgan fingerprint density at radius 3 is 2.40 bits per heavy atom. The number of halogens is 1. The number of aliphatic imine (C=N–C) groups is 1. The highest BCUT2D eigenvalue weighted by Crippen LogP contribution is 2.27. The Hall–Kier alpha value is -0.570. The Morgan fingerprint density at radius 1 is 1.53 bits per heavy atom. The Morgan fingerprint density at radius 2 is 2.07 bits per heavy atom. The first-order chi connectivity index (χ1) is 6.80. The molecular weight excluding hydrogens is 311 g/mol. The van der Waals surface area contributed by atoms with Gasteiger partial charge >= 0.3 is 5.97 Å². The molecule has 0 spiro atoms. The molecule has 1 atom stereocenters. The Bertz CT molecular complexity index is 253. The summed E-state index contributed by atoms with van der Waals surface area (Å²) in [5.41, 5.74) is 10.3. The molecule has 0 fully saturated rings. The molecule has 0 saturated heterocycles. The van der Waals surface area contributed by atoms with Crippen LogP contribution in [0.1, 0.15) is 12.8 Å². The molecule has 0 bridgehead atoms. The molecule has 0 amide bonds. The maximum Gasteiger partial charge on any atom is 0.334 e. The molecule has 0 aromatic carbocycles. The fourth-order valence-electron chi connectivity index (χ4n) is 1.04. The topological polar surface area (TPSA) is 105 Å². The highest BCUT2D eigenvalue weighted by Gasteiger charge is 2.37. The fourth-order valence-corrected chi connectivity index (χ4v) is 1.42. The maximum atomic E-state index is 11.1. The van der Waals surface area contributed by atoms with Crippen molar-refractivity contribution in [3.05, 3.63) is 0 Å². The Labute approximate surface area is 103 Å².